The Morgan fingerprint density at radius 1 is 1.47 bits per heavy atom. The van der Waals surface area contributed by atoms with Gasteiger partial charge in [0.25, 0.3) is 0 Å². The van der Waals surface area contributed by atoms with E-state index in [-0.39, 0.29) is 5.54 Å². The summed E-state index contributed by atoms with van der Waals surface area (Å²) in [5.74, 6) is 0.821. The Hall–Kier alpha value is -1.09. The van der Waals surface area contributed by atoms with E-state index in [0.717, 1.165) is 11.3 Å². The number of alkyl halides is 1. The fourth-order valence-electron chi connectivity index (χ4n) is 2.23. The molecule has 1 aliphatic heterocycles. The summed E-state index contributed by atoms with van der Waals surface area (Å²) in [6, 6.07) is 7.78. The molecule has 1 heterocycles. The van der Waals surface area contributed by atoms with Gasteiger partial charge in [-0.15, -0.1) is 0 Å². The second-order valence-electron chi connectivity index (χ2n) is 4.21. The van der Waals surface area contributed by atoms with Crippen LogP contribution in [0.4, 0.5) is 4.39 Å². The van der Waals surface area contributed by atoms with E-state index in [2.05, 4.69) is 5.32 Å². The molecule has 2 unspecified atom stereocenters. The van der Waals surface area contributed by atoms with Crippen LogP contribution < -0.4 is 10.1 Å². The highest BCUT2D eigenvalue weighted by Gasteiger charge is 2.37. The Morgan fingerprint density at radius 2 is 2.20 bits per heavy atom. The van der Waals surface area contributed by atoms with E-state index in [4.69, 9.17) is 4.74 Å². The highest BCUT2D eigenvalue weighted by Crippen LogP contribution is 2.36. The van der Waals surface area contributed by atoms with Crippen LogP contribution in [0.2, 0.25) is 0 Å². The zero-order chi connectivity index (χ0) is 10.9. The molecule has 0 radical (unpaired) electrons. The first-order valence-electron chi connectivity index (χ1n) is 5.18. The van der Waals surface area contributed by atoms with Crippen molar-refractivity contribution in [3.8, 4) is 5.75 Å². The first kappa shape index (κ1) is 10.4. The van der Waals surface area contributed by atoms with Crippen molar-refractivity contribution in [1.29, 1.82) is 0 Å². The number of benzene rings is 1. The van der Waals surface area contributed by atoms with Gasteiger partial charge in [0, 0.05) is 24.1 Å². The van der Waals surface area contributed by atoms with Gasteiger partial charge >= 0.3 is 0 Å². The van der Waals surface area contributed by atoms with Crippen LogP contribution in [-0.4, -0.2) is 19.8 Å². The van der Waals surface area contributed by atoms with Crippen LogP contribution in [0.3, 0.4) is 0 Å². The first-order valence-corrected chi connectivity index (χ1v) is 5.18. The fraction of sp³-hybridized carbons (Fsp3) is 0.500. The van der Waals surface area contributed by atoms with E-state index in [9.17, 15) is 4.39 Å². The average molecular weight is 209 g/mol. The monoisotopic (exact) mass is 209 g/mol. The lowest BCUT2D eigenvalue weighted by Gasteiger charge is -2.26. The predicted octanol–water partition coefficient (Wildman–Crippen LogP) is 2.24. The molecule has 2 rings (SSSR count). The van der Waals surface area contributed by atoms with Gasteiger partial charge in [-0.25, -0.2) is 4.39 Å². The molecule has 1 fully saturated rings. The Kier molecular flexibility index (Phi) is 2.65. The Labute approximate surface area is 89.4 Å². The van der Waals surface area contributed by atoms with Crippen molar-refractivity contribution in [3.63, 3.8) is 0 Å². The molecule has 1 N–H and O–H groups in total. The third kappa shape index (κ3) is 1.84. The van der Waals surface area contributed by atoms with Gasteiger partial charge in [0.2, 0.25) is 0 Å². The van der Waals surface area contributed by atoms with Crippen molar-refractivity contribution in [2.24, 2.45) is 0 Å². The van der Waals surface area contributed by atoms with Crippen LogP contribution in [0.1, 0.15) is 18.9 Å². The van der Waals surface area contributed by atoms with Crippen molar-refractivity contribution in [3.05, 3.63) is 29.8 Å². The second kappa shape index (κ2) is 3.81. The van der Waals surface area contributed by atoms with Gasteiger partial charge in [-0.3, -0.25) is 0 Å². The number of ether oxygens (including phenoxy) is 1. The highest BCUT2D eigenvalue weighted by molar-refractivity contribution is 5.39. The third-order valence-corrected chi connectivity index (χ3v) is 3.04. The van der Waals surface area contributed by atoms with Crippen molar-refractivity contribution in [2.45, 2.75) is 25.1 Å². The smallest absolute Gasteiger partial charge is 0.123 e. The topological polar surface area (TPSA) is 21.3 Å². The van der Waals surface area contributed by atoms with Gasteiger partial charge in [-0.2, -0.15) is 0 Å². The van der Waals surface area contributed by atoms with Crippen molar-refractivity contribution < 1.29 is 9.13 Å². The minimum atomic E-state index is -0.764. The number of halogens is 1. The molecule has 1 aromatic carbocycles. The molecule has 1 saturated heterocycles. The second-order valence-corrected chi connectivity index (χ2v) is 4.21. The summed E-state index contributed by atoms with van der Waals surface area (Å²) in [6.45, 7) is 2.44. The molecule has 82 valence electrons. The molecule has 0 aromatic heterocycles. The molecule has 0 spiro atoms. The summed E-state index contributed by atoms with van der Waals surface area (Å²) < 4.78 is 18.5. The van der Waals surface area contributed by atoms with Gasteiger partial charge < -0.3 is 10.1 Å². The lowest BCUT2D eigenvalue weighted by Crippen LogP contribution is -2.33. The zero-order valence-corrected chi connectivity index (χ0v) is 9.09. The van der Waals surface area contributed by atoms with E-state index < -0.39 is 6.17 Å². The van der Waals surface area contributed by atoms with Gasteiger partial charge in [-0.05, 0) is 13.0 Å². The minimum absolute atomic E-state index is 0.300. The quantitative estimate of drug-likeness (QED) is 0.806. The van der Waals surface area contributed by atoms with Gasteiger partial charge in [0.05, 0.1) is 7.11 Å². The molecule has 3 heteroatoms. The van der Waals surface area contributed by atoms with Crippen molar-refractivity contribution in [2.75, 3.05) is 13.7 Å². The van der Waals surface area contributed by atoms with Crippen LogP contribution in [-0.2, 0) is 5.54 Å². The van der Waals surface area contributed by atoms with E-state index >= 15 is 0 Å². The minimum Gasteiger partial charge on any atom is -0.496 e. The Bertz CT molecular complexity index is 355. The van der Waals surface area contributed by atoms with Crippen LogP contribution in [0.15, 0.2) is 24.3 Å². The van der Waals surface area contributed by atoms with Gasteiger partial charge in [0.15, 0.2) is 0 Å². The molecule has 0 bridgehead atoms. The van der Waals surface area contributed by atoms with Crippen LogP contribution in [0.25, 0.3) is 0 Å². The molecule has 1 aromatic rings. The number of hydrogen-bond donors (Lipinski definition) is 1. The number of rotatable bonds is 2. The summed E-state index contributed by atoms with van der Waals surface area (Å²) >= 11 is 0. The molecular weight excluding hydrogens is 193 g/mol. The van der Waals surface area contributed by atoms with E-state index in [0.29, 0.717) is 13.0 Å². The largest absolute Gasteiger partial charge is 0.496 e. The van der Waals surface area contributed by atoms with Crippen LogP contribution >= 0.6 is 0 Å². The third-order valence-electron chi connectivity index (χ3n) is 3.04. The number of methoxy groups -OCH3 is 1. The maximum atomic E-state index is 13.2. The van der Waals surface area contributed by atoms with Crippen LogP contribution in [0, 0.1) is 0 Å². The molecule has 2 nitrogen and oxygen atoms in total. The number of nitrogens with one attached hydrogen (secondary N) is 1. The van der Waals surface area contributed by atoms with Gasteiger partial charge in [0.1, 0.15) is 11.9 Å². The lowest BCUT2D eigenvalue weighted by atomic mass is 9.89. The zero-order valence-electron chi connectivity index (χ0n) is 9.09. The summed E-state index contributed by atoms with van der Waals surface area (Å²) in [6.07, 6.45) is -0.257. The molecule has 0 saturated carbocycles. The molecule has 0 amide bonds. The van der Waals surface area contributed by atoms with Crippen molar-refractivity contribution in [1.82, 2.24) is 5.32 Å². The summed E-state index contributed by atoms with van der Waals surface area (Å²) in [5.41, 5.74) is 0.735. The van der Waals surface area contributed by atoms with E-state index in [1.165, 1.54) is 0 Å². The van der Waals surface area contributed by atoms with Gasteiger partial charge in [-0.1, -0.05) is 18.2 Å². The fourth-order valence-corrected chi connectivity index (χ4v) is 2.23. The molecule has 2 atom stereocenters. The summed E-state index contributed by atoms with van der Waals surface area (Å²) in [5, 5.41) is 3.22. The number of para-hydroxylation sites is 1. The number of hydrogen-bond acceptors (Lipinski definition) is 2. The van der Waals surface area contributed by atoms with Crippen LogP contribution in [0.5, 0.6) is 5.75 Å². The van der Waals surface area contributed by atoms with E-state index in [1.54, 1.807) is 7.11 Å². The Balaban J connectivity index is 2.36. The highest BCUT2D eigenvalue weighted by atomic mass is 19.1. The molecule has 15 heavy (non-hydrogen) atoms. The molecule has 1 aliphatic rings. The summed E-state index contributed by atoms with van der Waals surface area (Å²) in [7, 11) is 1.64. The lowest BCUT2D eigenvalue weighted by molar-refractivity contribution is 0.325. The maximum absolute atomic E-state index is 13.2. The summed E-state index contributed by atoms with van der Waals surface area (Å²) in [4.78, 5) is 0. The van der Waals surface area contributed by atoms with Crippen molar-refractivity contribution >= 4 is 0 Å². The molecular formula is C12H16FNO. The normalized spacial score (nSPS) is 30.5. The standard InChI is InChI=1S/C12H16FNO/c1-12(7-9(13)8-14-12)10-5-3-4-6-11(10)15-2/h3-6,9,14H,7-8H2,1-2H3. The average Bonchev–Trinajstić information content (AvgIpc) is 2.60. The predicted molar refractivity (Wildman–Crippen MR) is 57.9 cm³/mol. The Morgan fingerprint density at radius 3 is 2.80 bits per heavy atom. The van der Waals surface area contributed by atoms with E-state index in [1.807, 2.05) is 31.2 Å². The first-order chi connectivity index (χ1) is 7.15. The SMILES string of the molecule is COc1ccccc1C1(C)CC(F)CN1. The molecule has 0 aliphatic carbocycles. The maximum Gasteiger partial charge on any atom is 0.123 e.